The predicted molar refractivity (Wildman–Crippen MR) is 66.3 cm³/mol. The fourth-order valence-electron chi connectivity index (χ4n) is 0.996. The average molecular weight is 289 g/mol. The van der Waals surface area contributed by atoms with Gasteiger partial charge >= 0.3 is 0 Å². The molecule has 0 N–H and O–H groups in total. The molecule has 1 aromatic rings. The number of nitrogens with zero attached hydrogens (tertiary/aromatic N) is 1. The standard InChI is InChI=1S/C11H11BrClNO/c1-14(2)6-5-11(15)9-4-3-8(12)7-10(9)13/h3-7H,1-2H3/b6-5+. The molecule has 0 aliphatic heterocycles. The van der Waals surface area contributed by atoms with E-state index in [1.54, 1.807) is 29.3 Å². The van der Waals surface area contributed by atoms with E-state index < -0.39 is 0 Å². The molecular formula is C11H11BrClNO. The first-order chi connectivity index (χ1) is 7.00. The lowest BCUT2D eigenvalue weighted by molar-refractivity contribution is 0.104. The molecule has 0 saturated heterocycles. The summed E-state index contributed by atoms with van der Waals surface area (Å²) < 4.78 is 0.862. The first-order valence-electron chi connectivity index (χ1n) is 4.34. The second-order valence-corrected chi connectivity index (χ2v) is 4.59. The molecule has 0 spiro atoms. The number of benzene rings is 1. The minimum absolute atomic E-state index is 0.0961. The number of allylic oxidation sites excluding steroid dienone is 1. The Kier molecular flexibility index (Phi) is 4.36. The Bertz CT molecular complexity index is 402. The summed E-state index contributed by atoms with van der Waals surface area (Å²) in [6, 6.07) is 5.20. The van der Waals surface area contributed by atoms with Crippen LogP contribution >= 0.6 is 27.5 Å². The Morgan fingerprint density at radius 3 is 2.67 bits per heavy atom. The maximum atomic E-state index is 11.7. The van der Waals surface area contributed by atoms with Crippen molar-refractivity contribution in [3.8, 4) is 0 Å². The number of halogens is 2. The molecular weight excluding hydrogens is 277 g/mol. The largest absolute Gasteiger partial charge is 0.383 e. The molecule has 2 nitrogen and oxygen atoms in total. The van der Waals surface area contributed by atoms with Crippen molar-refractivity contribution >= 4 is 33.3 Å². The average Bonchev–Trinajstić information content (AvgIpc) is 2.14. The van der Waals surface area contributed by atoms with Crippen LogP contribution in [-0.2, 0) is 0 Å². The van der Waals surface area contributed by atoms with Gasteiger partial charge in [-0.25, -0.2) is 0 Å². The molecule has 0 aliphatic rings. The van der Waals surface area contributed by atoms with Crippen LogP contribution in [0, 0.1) is 0 Å². The van der Waals surface area contributed by atoms with Gasteiger partial charge in [-0.3, -0.25) is 4.79 Å². The Morgan fingerprint density at radius 2 is 2.13 bits per heavy atom. The van der Waals surface area contributed by atoms with Crippen molar-refractivity contribution < 1.29 is 4.79 Å². The third kappa shape index (κ3) is 3.68. The normalized spacial score (nSPS) is 10.7. The third-order valence-corrected chi connectivity index (χ3v) is 2.53. The van der Waals surface area contributed by atoms with Crippen LogP contribution in [0.3, 0.4) is 0 Å². The molecule has 4 heteroatoms. The van der Waals surface area contributed by atoms with Crippen LogP contribution < -0.4 is 0 Å². The lowest BCUT2D eigenvalue weighted by Gasteiger charge is -2.04. The van der Waals surface area contributed by atoms with Crippen LogP contribution in [0.15, 0.2) is 34.9 Å². The number of rotatable bonds is 3. The van der Waals surface area contributed by atoms with E-state index in [0.717, 1.165) is 4.47 Å². The Labute approximate surface area is 103 Å². The van der Waals surface area contributed by atoms with Crippen LogP contribution in [0.2, 0.25) is 5.02 Å². The van der Waals surface area contributed by atoms with Gasteiger partial charge in [-0.05, 0) is 18.2 Å². The first kappa shape index (κ1) is 12.3. The van der Waals surface area contributed by atoms with Gasteiger partial charge in [-0.2, -0.15) is 0 Å². The van der Waals surface area contributed by atoms with Gasteiger partial charge in [0.1, 0.15) is 0 Å². The highest BCUT2D eigenvalue weighted by Gasteiger charge is 2.07. The molecule has 1 aromatic carbocycles. The van der Waals surface area contributed by atoms with Gasteiger partial charge in [0, 0.05) is 36.4 Å². The highest BCUT2D eigenvalue weighted by atomic mass is 79.9. The molecule has 0 unspecified atom stereocenters. The summed E-state index contributed by atoms with van der Waals surface area (Å²) in [5.41, 5.74) is 0.512. The van der Waals surface area contributed by atoms with E-state index in [1.807, 2.05) is 14.1 Å². The molecule has 1 rings (SSSR count). The topological polar surface area (TPSA) is 20.3 Å². The smallest absolute Gasteiger partial charge is 0.188 e. The van der Waals surface area contributed by atoms with Gasteiger partial charge in [0.25, 0.3) is 0 Å². The zero-order chi connectivity index (χ0) is 11.4. The molecule has 0 amide bonds. The van der Waals surface area contributed by atoms with Crippen molar-refractivity contribution in [2.45, 2.75) is 0 Å². The van der Waals surface area contributed by atoms with Crippen molar-refractivity contribution in [1.29, 1.82) is 0 Å². The maximum absolute atomic E-state index is 11.7. The summed E-state index contributed by atoms with van der Waals surface area (Å²) in [5, 5.41) is 0.456. The summed E-state index contributed by atoms with van der Waals surface area (Å²) in [4.78, 5) is 13.5. The number of ketones is 1. The number of hydrogen-bond acceptors (Lipinski definition) is 2. The van der Waals surface area contributed by atoms with Crippen LogP contribution in [0.25, 0.3) is 0 Å². The highest BCUT2D eigenvalue weighted by Crippen LogP contribution is 2.21. The van der Waals surface area contributed by atoms with Crippen LogP contribution in [-0.4, -0.2) is 24.8 Å². The van der Waals surface area contributed by atoms with E-state index >= 15 is 0 Å². The monoisotopic (exact) mass is 287 g/mol. The van der Waals surface area contributed by atoms with Gasteiger partial charge in [0.05, 0.1) is 5.02 Å². The van der Waals surface area contributed by atoms with Gasteiger partial charge in [0.2, 0.25) is 0 Å². The van der Waals surface area contributed by atoms with E-state index in [0.29, 0.717) is 10.6 Å². The van der Waals surface area contributed by atoms with Gasteiger partial charge < -0.3 is 4.90 Å². The molecule has 0 heterocycles. The summed E-state index contributed by atoms with van der Waals surface area (Å²) >= 11 is 9.23. The van der Waals surface area contributed by atoms with Crippen molar-refractivity contribution in [1.82, 2.24) is 4.90 Å². The number of carbonyl (C=O) groups excluding carboxylic acids is 1. The number of carbonyl (C=O) groups is 1. The van der Waals surface area contributed by atoms with Gasteiger partial charge in [0.15, 0.2) is 5.78 Å². The zero-order valence-electron chi connectivity index (χ0n) is 8.50. The fraction of sp³-hybridized carbons (Fsp3) is 0.182. The van der Waals surface area contributed by atoms with E-state index in [2.05, 4.69) is 15.9 Å². The first-order valence-corrected chi connectivity index (χ1v) is 5.52. The summed E-state index contributed by atoms with van der Waals surface area (Å²) in [6.45, 7) is 0. The van der Waals surface area contributed by atoms with Gasteiger partial charge in [-0.1, -0.05) is 27.5 Å². The minimum Gasteiger partial charge on any atom is -0.383 e. The predicted octanol–water partition coefficient (Wildman–Crippen LogP) is 3.36. The molecule has 80 valence electrons. The minimum atomic E-state index is -0.0961. The number of hydrogen-bond donors (Lipinski definition) is 0. The van der Waals surface area contributed by atoms with Crippen molar-refractivity contribution in [3.63, 3.8) is 0 Å². The van der Waals surface area contributed by atoms with Crippen LogP contribution in [0.5, 0.6) is 0 Å². The Morgan fingerprint density at radius 1 is 1.47 bits per heavy atom. The quantitative estimate of drug-likeness (QED) is 0.628. The summed E-state index contributed by atoms with van der Waals surface area (Å²) in [7, 11) is 3.71. The van der Waals surface area contributed by atoms with Crippen LogP contribution in [0.1, 0.15) is 10.4 Å². The third-order valence-electron chi connectivity index (χ3n) is 1.72. The van der Waals surface area contributed by atoms with Gasteiger partial charge in [-0.15, -0.1) is 0 Å². The second kappa shape index (κ2) is 5.33. The molecule has 0 atom stereocenters. The summed E-state index contributed by atoms with van der Waals surface area (Å²) in [6.07, 6.45) is 3.19. The van der Waals surface area contributed by atoms with E-state index in [4.69, 9.17) is 11.6 Å². The molecule has 0 fully saturated rings. The fourth-order valence-corrected chi connectivity index (χ4v) is 1.76. The van der Waals surface area contributed by atoms with Crippen molar-refractivity contribution in [2.24, 2.45) is 0 Å². The highest BCUT2D eigenvalue weighted by molar-refractivity contribution is 9.10. The molecule has 0 bridgehead atoms. The van der Waals surface area contributed by atoms with E-state index in [-0.39, 0.29) is 5.78 Å². The molecule has 0 radical (unpaired) electrons. The van der Waals surface area contributed by atoms with Crippen molar-refractivity contribution in [3.05, 3.63) is 45.5 Å². The lowest BCUT2D eigenvalue weighted by atomic mass is 10.1. The maximum Gasteiger partial charge on any atom is 0.188 e. The Balaban J connectivity index is 2.92. The second-order valence-electron chi connectivity index (χ2n) is 3.27. The van der Waals surface area contributed by atoms with Crippen molar-refractivity contribution in [2.75, 3.05) is 14.1 Å². The SMILES string of the molecule is CN(C)/C=C/C(=O)c1ccc(Br)cc1Cl. The molecule has 0 aromatic heterocycles. The molecule has 0 aliphatic carbocycles. The van der Waals surface area contributed by atoms with E-state index in [1.165, 1.54) is 6.08 Å². The summed E-state index contributed by atoms with van der Waals surface area (Å²) in [5.74, 6) is -0.0961. The van der Waals surface area contributed by atoms with E-state index in [9.17, 15) is 4.79 Å². The lowest BCUT2D eigenvalue weighted by Crippen LogP contribution is -2.03. The molecule has 15 heavy (non-hydrogen) atoms. The van der Waals surface area contributed by atoms with Crippen LogP contribution in [0.4, 0.5) is 0 Å². The zero-order valence-corrected chi connectivity index (χ0v) is 10.8. The molecule has 0 saturated carbocycles. The Hall–Kier alpha value is -0.800.